The number of carbonyl (C=O) groups excluding carboxylic acids is 2. The summed E-state index contributed by atoms with van der Waals surface area (Å²) in [4.78, 5) is 28.0. The Morgan fingerprint density at radius 1 is 1.11 bits per heavy atom. The zero-order valence-corrected chi connectivity index (χ0v) is 21.1. The van der Waals surface area contributed by atoms with E-state index in [1.807, 2.05) is 43.3 Å². The first kappa shape index (κ1) is 25.1. The molecular formula is C27H33N3O4S. The Kier molecular flexibility index (Phi) is 7.42. The largest absolute Gasteiger partial charge is 0.351 e. The van der Waals surface area contributed by atoms with E-state index in [1.165, 1.54) is 17.0 Å². The first-order valence-corrected chi connectivity index (χ1v) is 13.7. The molecule has 2 aromatic rings. The number of amides is 2. The normalized spacial score (nSPS) is 21.8. The molecule has 2 unspecified atom stereocenters. The molecule has 1 saturated carbocycles. The van der Waals surface area contributed by atoms with Gasteiger partial charge >= 0.3 is 0 Å². The molecule has 1 saturated heterocycles. The van der Waals surface area contributed by atoms with Crippen LogP contribution in [0.2, 0.25) is 0 Å². The van der Waals surface area contributed by atoms with Gasteiger partial charge in [0.15, 0.2) is 5.54 Å². The van der Waals surface area contributed by atoms with Gasteiger partial charge in [-0.25, -0.2) is 13.1 Å². The topological polar surface area (TPSA) is 95.6 Å². The highest BCUT2D eigenvalue weighted by molar-refractivity contribution is 7.89. The molecule has 2 fully saturated rings. The van der Waals surface area contributed by atoms with Gasteiger partial charge in [0.05, 0.1) is 11.3 Å². The molecule has 0 bridgehead atoms. The number of hydrogen-bond donors (Lipinski definition) is 2. The zero-order valence-electron chi connectivity index (χ0n) is 20.2. The van der Waals surface area contributed by atoms with Gasteiger partial charge in [-0.1, -0.05) is 56.2 Å². The van der Waals surface area contributed by atoms with Gasteiger partial charge < -0.3 is 5.32 Å². The average Bonchev–Trinajstić information content (AvgIpc) is 3.35. The highest BCUT2D eigenvalue weighted by Gasteiger charge is 2.56. The fourth-order valence-electron chi connectivity index (χ4n) is 4.65. The summed E-state index contributed by atoms with van der Waals surface area (Å²) in [5.41, 5.74) is 0.255. The lowest BCUT2D eigenvalue weighted by Crippen LogP contribution is -2.70. The highest BCUT2D eigenvalue weighted by Crippen LogP contribution is 2.40. The van der Waals surface area contributed by atoms with Crippen molar-refractivity contribution in [1.82, 2.24) is 10.0 Å². The fourth-order valence-corrected chi connectivity index (χ4v) is 5.98. The molecule has 2 aliphatic rings. The van der Waals surface area contributed by atoms with Crippen molar-refractivity contribution in [1.29, 1.82) is 0 Å². The van der Waals surface area contributed by atoms with Crippen molar-refractivity contribution < 1.29 is 18.0 Å². The first-order valence-electron chi connectivity index (χ1n) is 12.3. The Morgan fingerprint density at radius 2 is 1.77 bits per heavy atom. The highest BCUT2D eigenvalue weighted by atomic mass is 32.2. The molecule has 0 spiro atoms. The number of hydrogen-bond acceptors (Lipinski definition) is 4. The maximum absolute atomic E-state index is 13.6. The number of benzene rings is 2. The SMILES string of the molecule is CCC(C)NS(=O)(=O)c1ccc(N2C(=O)CC2(/C=C/c2ccccc2)C(=O)NC2CCCC2)cc1. The lowest BCUT2D eigenvalue weighted by Gasteiger charge is -2.49. The second-order valence-electron chi connectivity index (χ2n) is 9.45. The van der Waals surface area contributed by atoms with Crippen molar-refractivity contribution >= 4 is 33.6 Å². The van der Waals surface area contributed by atoms with E-state index >= 15 is 0 Å². The lowest BCUT2D eigenvalue weighted by molar-refractivity contribution is -0.137. The summed E-state index contributed by atoms with van der Waals surface area (Å²) in [6.07, 6.45) is 8.44. The van der Waals surface area contributed by atoms with Crippen molar-refractivity contribution in [2.45, 2.75) is 74.9 Å². The Labute approximate surface area is 207 Å². The van der Waals surface area contributed by atoms with E-state index in [-0.39, 0.29) is 35.2 Å². The van der Waals surface area contributed by atoms with Crippen LogP contribution in [-0.2, 0) is 19.6 Å². The summed E-state index contributed by atoms with van der Waals surface area (Å²) < 4.78 is 27.9. The molecule has 0 aromatic heterocycles. The minimum atomic E-state index is -3.67. The Balaban J connectivity index is 1.65. The molecule has 4 rings (SSSR count). The smallest absolute Gasteiger partial charge is 0.251 e. The number of rotatable bonds is 9. The monoisotopic (exact) mass is 495 g/mol. The summed E-state index contributed by atoms with van der Waals surface area (Å²) >= 11 is 0. The van der Waals surface area contributed by atoms with E-state index in [0.29, 0.717) is 12.1 Å². The standard InChI is InChI=1S/C27H33N3O4S/c1-3-20(2)29-35(33,34)24-15-13-23(14-16-24)30-25(31)19-27(30,18-17-21-9-5-4-6-10-21)26(32)28-22-11-7-8-12-22/h4-6,9-10,13-18,20,22,29H,3,7-8,11-12,19H2,1-2H3,(H,28,32)/b18-17+. The van der Waals surface area contributed by atoms with Crippen molar-refractivity contribution in [2.75, 3.05) is 4.90 Å². The van der Waals surface area contributed by atoms with E-state index in [4.69, 9.17) is 0 Å². The van der Waals surface area contributed by atoms with Crippen LogP contribution in [0.4, 0.5) is 5.69 Å². The van der Waals surface area contributed by atoms with Gasteiger partial charge in [-0.05, 0) is 62.1 Å². The lowest BCUT2D eigenvalue weighted by atomic mass is 9.80. The summed E-state index contributed by atoms with van der Waals surface area (Å²) in [5.74, 6) is -0.385. The molecule has 2 amide bonds. The van der Waals surface area contributed by atoms with Gasteiger partial charge in [0.2, 0.25) is 15.9 Å². The third-order valence-electron chi connectivity index (χ3n) is 6.88. The van der Waals surface area contributed by atoms with Crippen LogP contribution in [0.25, 0.3) is 6.08 Å². The second kappa shape index (κ2) is 10.3. The van der Waals surface area contributed by atoms with Gasteiger partial charge in [-0.3, -0.25) is 14.5 Å². The number of sulfonamides is 1. The number of nitrogens with zero attached hydrogens (tertiary/aromatic N) is 1. The van der Waals surface area contributed by atoms with Crippen LogP contribution in [0.5, 0.6) is 0 Å². The van der Waals surface area contributed by atoms with Gasteiger partial charge in [0.25, 0.3) is 5.91 Å². The molecule has 8 heteroatoms. The molecule has 7 nitrogen and oxygen atoms in total. The van der Waals surface area contributed by atoms with Crippen molar-refractivity contribution in [2.24, 2.45) is 0 Å². The van der Waals surface area contributed by atoms with E-state index in [2.05, 4.69) is 10.0 Å². The molecular weight excluding hydrogens is 462 g/mol. The van der Waals surface area contributed by atoms with E-state index in [9.17, 15) is 18.0 Å². The molecule has 2 aromatic carbocycles. The number of nitrogens with one attached hydrogen (secondary N) is 2. The number of anilines is 1. The maximum Gasteiger partial charge on any atom is 0.251 e. The molecule has 35 heavy (non-hydrogen) atoms. The Bertz CT molecular complexity index is 1190. The third-order valence-corrected chi connectivity index (χ3v) is 8.48. The Hall–Kier alpha value is -2.97. The molecule has 2 atom stereocenters. The van der Waals surface area contributed by atoms with Gasteiger partial charge in [0.1, 0.15) is 0 Å². The predicted molar refractivity (Wildman–Crippen MR) is 137 cm³/mol. The van der Waals surface area contributed by atoms with E-state index < -0.39 is 15.6 Å². The number of β-lactam (4-membered cyclic amide) rings is 1. The first-order chi connectivity index (χ1) is 16.7. The van der Waals surface area contributed by atoms with Crippen LogP contribution in [0.15, 0.2) is 65.6 Å². The second-order valence-corrected chi connectivity index (χ2v) is 11.2. The van der Waals surface area contributed by atoms with Crippen molar-refractivity contribution in [3.05, 3.63) is 66.2 Å². The van der Waals surface area contributed by atoms with Crippen LogP contribution >= 0.6 is 0 Å². The molecule has 1 heterocycles. The molecule has 186 valence electrons. The van der Waals surface area contributed by atoms with Crippen molar-refractivity contribution in [3.8, 4) is 0 Å². The average molecular weight is 496 g/mol. The molecule has 0 radical (unpaired) electrons. The van der Waals surface area contributed by atoms with E-state index in [1.54, 1.807) is 25.1 Å². The van der Waals surface area contributed by atoms with Crippen molar-refractivity contribution in [3.63, 3.8) is 0 Å². The number of carbonyl (C=O) groups is 2. The molecule has 1 aliphatic carbocycles. The summed E-state index contributed by atoms with van der Waals surface area (Å²) in [6.45, 7) is 3.71. The molecule has 2 N–H and O–H groups in total. The van der Waals surface area contributed by atoms with Crippen LogP contribution in [0, 0.1) is 0 Å². The quantitative estimate of drug-likeness (QED) is 0.514. The molecule has 1 aliphatic heterocycles. The summed E-state index contributed by atoms with van der Waals surface area (Å²) in [5, 5.41) is 3.15. The maximum atomic E-state index is 13.6. The Morgan fingerprint density at radius 3 is 2.37 bits per heavy atom. The fraction of sp³-hybridized carbons (Fsp3) is 0.407. The summed E-state index contributed by atoms with van der Waals surface area (Å²) in [6, 6.07) is 15.7. The minimum Gasteiger partial charge on any atom is -0.351 e. The van der Waals surface area contributed by atoms with Gasteiger partial charge in [-0.15, -0.1) is 0 Å². The van der Waals surface area contributed by atoms with Crippen LogP contribution in [0.3, 0.4) is 0 Å². The predicted octanol–water partition coefficient (Wildman–Crippen LogP) is 4.01. The van der Waals surface area contributed by atoms with Gasteiger partial charge in [0, 0.05) is 17.8 Å². The van der Waals surface area contributed by atoms with Crippen LogP contribution in [-0.4, -0.2) is 37.9 Å². The van der Waals surface area contributed by atoms with E-state index in [0.717, 1.165) is 31.2 Å². The third kappa shape index (κ3) is 5.33. The van der Waals surface area contributed by atoms with Crippen LogP contribution in [0.1, 0.15) is 57.9 Å². The summed E-state index contributed by atoms with van der Waals surface area (Å²) in [7, 11) is -3.67. The van der Waals surface area contributed by atoms with Gasteiger partial charge in [-0.2, -0.15) is 0 Å². The minimum absolute atomic E-state index is 0.0600. The zero-order chi connectivity index (χ0) is 25.1. The van der Waals surface area contributed by atoms with Crippen LogP contribution < -0.4 is 14.9 Å².